The summed E-state index contributed by atoms with van der Waals surface area (Å²) >= 11 is 0. The Morgan fingerprint density at radius 3 is 2.39 bits per heavy atom. The molecule has 0 bridgehead atoms. The standard InChI is InChI=1S/C34H48N5O4Si/c1-22-16-25-20-35-31(40)29(25)30(36-22)27-18-24-17-23(10-11-26(24)39(27)32(41)42-34(5,6)7)21-37-12-14-38(15-13-37)28(43-44(8)9)19-33(2,3)4/h10-11,16-18,28H,12-15,19-21H2,1-9H3,(H,35,40). The van der Waals surface area contributed by atoms with Gasteiger partial charge in [-0.15, -0.1) is 0 Å². The second-order valence-corrected chi connectivity index (χ2v) is 16.7. The van der Waals surface area contributed by atoms with E-state index >= 15 is 0 Å². The number of amides is 1. The van der Waals surface area contributed by atoms with E-state index in [1.165, 1.54) is 5.56 Å². The zero-order chi connectivity index (χ0) is 32.0. The lowest BCUT2D eigenvalue weighted by Crippen LogP contribution is -2.52. The predicted octanol–water partition coefficient (Wildman–Crippen LogP) is 6.19. The van der Waals surface area contributed by atoms with Crippen LogP contribution in [-0.4, -0.2) is 78.4 Å². The van der Waals surface area contributed by atoms with Crippen molar-refractivity contribution in [3.8, 4) is 11.4 Å². The minimum Gasteiger partial charge on any atom is -0.443 e. The molecule has 2 aliphatic rings. The van der Waals surface area contributed by atoms with Crippen molar-refractivity contribution in [2.75, 3.05) is 26.2 Å². The van der Waals surface area contributed by atoms with Crippen molar-refractivity contribution >= 4 is 31.9 Å². The third-order valence-corrected chi connectivity index (χ3v) is 8.70. The lowest BCUT2D eigenvalue weighted by Gasteiger charge is -2.41. The quantitative estimate of drug-likeness (QED) is 0.316. The van der Waals surface area contributed by atoms with Gasteiger partial charge in [-0.25, -0.2) is 9.36 Å². The van der Waals surface area contributed by atoms with Gasteiger partial charge in [0.1, 0.15) is 11.3 Å². The van der Waals surface area contributed by atoms with Crippen LogP contribution in [0.2, 0.25) is 13.1 Å². The molecule has 3 aromatic rings. The van der Waals surface area contributed by atoms with Crippen molar-refractivity contribution in [2.45, 2.75) is 92.9 Å². The average molecular weight is 619 g/mol. The van der Waals surface area contributed by atoms with Gasteiger partial charge in [0.15, 0.2) is 0 Å². The lowest BCUT2D eigenvalue weighted by molar-refractivity contribution is -0.0321. The minimum absolute atomic E-state index is 0.169. The zero-order valence-corrected chi connectivity index (χ0v) is 28.8. The Morgan fingerprint density at radius 2 is 1.75 bits per heavy atom. The highest BCUT2D eigenvalue weighted by atomic mass is 28.3. The number of nitrogens with zero attached hydrogens (tertiary/aromatic N) is 4. The number of fused-ring (bicyclic) bond motifs is 2. The van der Waals surface area contributed by atoms with Gasteiger partial charge < -0.3 is 14.5 Å². The first-order valence-electron chi connectivity index (χ1n) is 15.7. The van der Waals surface area contributed by atoms with Gasteiger partial charge in [0.2, 0.25) is 9.04 Å². The molecular weight excluding hydrogens is 570 g/mol. The Morgan fingerprint density at radius 1 is 1.05 bits per heavy atom. The minimum atomic E-state index is -0.799. The highest BCUT2D eigenvalue weighted by Crippen LogP contribution is 2.34. The number of ether oxygens (including phenoxy) is 1. The molecule has 1 N–H and O–H groups in total. The van der Waals surface area contributed by atoms with Gasteiger partial charge in [0, 0.05) is 50.3 Å². The summed E-state index contributed by atoms with van der Waals surface area (Å²) in [6, 6.07) is 10.1. The molecule has 1 radical (unpaired) electrons. The summed E-state index contributed by atoms with van der Waals surface area (Å²) < 4.78 is 13.9. The fourth-order valence-electron chi connectivity index (χ4n) is 6.13. The van der Waals surface area contributed by atoms with Crippen LogP contribution in [0.3, 0.4) is 0 Å². The molecule has 237 valence electrons. The summed E-state index contributed by atoms with van der Waals surface area (Å²) in [6.45, 7) is 23.9. The Balaban J connectivity index is 1.42. The molecule has 1 fully saturated rings. The third kappa shape index (κ3) is 7.42. The maximum atomic E-state index is 13.6. The average Bonchev–Trinajstić information content (AvgIpc) is 3.46. The Hall–Kier alpha value is -3.05. The molecule has 5 rings (SSSR count). The van der Waals surface area contributed by atoms with Gasteiger partial charge in [-0.1, -0.05) is 26.8 Å². The van der Waals surface area contributed by atoms with E-state index < -0.39 is 20.7 Å². The Bertz CT molecular complexity index is 1540. The molecule has 1 unspecified atom stereocenters. The number of carbonyl (C=O) groups excluding carboxylic acids is 2. The number of rotatable bonds is 7. The normalized spacial score (nSPS) is 17.3. The summed E-state index contributed by atoms with van der Waals surface area (Å²) in [4.78, 5) is 36.3. The van der Waals surface area contributed by atoms with E-state index in [1.807, 2.05) is 45.9 Å². The van der Waals surface area contributed by atoms with Crippen LogP contribution in [0.15, 0.2) is 30.3 Å². The van der Waals surface area contributed by atoms with Crippen LogP contribution in [0.25, 0.3) is 22.3 Å². The SMILES string of the molecule is Cc1cc2c(c(-c3cc4cc(CN5CCN(C(CC(C)(C)C)O[Si](C)C)CC5)ccc4n3C(=O)OC(C)(C)C)n1)C(=O)NC2. The Labute approximate surface area is 263 Å². The Kier molecular flexibility index (Phi) is 9.10. The van der Waals surface area contributed by atoms with Crippen LogP contribution < -0.4 is 5.32 Å². The van der Waals surface area contributed by atoms with E-state index in [4.69, 9.17) is 14.1 Å². The molecule has 1 saturated heterocycles. The number of hydrogen-bond acceptors (Lipinski definition) is 7. The van der Waals surface area contributed by atoms with Crippen LogP contribution in [0.1, 0.15) is 75.1 Å². The topological polar surface area (TPSA) is 88.9 Å². The highest BCUT2D eigenvalue weighted by Gasteiger charge is 2.31. The maximum Gasteiger partial charge on any atom is 0.419 e. The molecule has 4 heterocycles. The molecule has 1 amide bonds. The highest BCUT2D eigenvalue weighted by molar-refractivity contribution is 6.48. The summed E-state index contributed by atoms with van der Waals surface area (Å²) in [7, 11) is -0.799. The molecule has 1 atom stereocenters. The van der Waals surface area contributed by atoms with Crippen LogP contribution in [0.4, 0.5) is 4.79 Å². The van der Waals surface area contributed by atoms with Crippen molar-refractivity contribution in [3.05, 3.63) is 52.7 Å². The summed E-state index contributed by atoms with van der Waals surface area (Å²) in [6.07, 6.45) is 0.705. The number of hydrogen-bond donors (Lipinski definition) is 1. The smallest absolute Gasteiger partial charge is 0.419 e. The fraction of sp³-hybridized carbons (Fsp3) is 0.559. The largest absolute Gasteiger partial charge is 0.443 e. The molecular formula is C34H48N5O4Si. The summed E-state index contributed by atoms with van der Waals surface area (Å²) in [5.41, 5.74) is 4.71. The molecule has 2 aromatic heterocycles. The van der Waals surface area contributed by atoms with Gasteiger partial charge in [0.05, 0.1) is 23.0 Å². The van der Waals surface area contributed by atoms with Crippen molar-refractivity contribution in [1.29, 1.82) is 0 Å². The van der Waals surface area contributed by atoms with E-state index in [1.54, 1.807) is 4.57 Å². The van der Waals surface area contributed by atoms with E-state index in [-0.39, 0.29) is 17.6 Å². The van der Waals surface area contributed by atoms with Crippen molar-refractivity contribution in [2.24, 2.45) is 5.41 Å². The van der Waals surface area contributed by atoms with Crippen molar-refractivity contribution < 1.29 is 18.8 Å². The fourth-order valence-corrected chi connectivity index (χ4v) is 6.91. The second-order valence-electron chi connectivity index (χ2n) is 14.6. The first-order chi connectivity index (χ1) is 20.6. The summed E-state index contributed by atoms with van der Waals surface area (Å²) in [5, 5.41) is 3.82. The van der Waals surface area contributed by atoms with Crippen LogP contribution in [0.5, 0.6) is 0 Å². The van der Waals surface area contributed by atoms with Gasteiger partial charge in [0.25, 0.3) is 5.91 Å². The number of nitrogens with one attached hydrogen (secondary N) is 1. The van der Waals surface area contributed by atoms with E-state index in [0.29, 0.717) is 23.5 Å². The monoisotopic (exact) mass is 618 g/mol. The van der Waals surface area contributed by atoms with E-state index in [2.05, 4.69) is 61.1 Å². The number of aromatic nitrogens is 2. The van der Waals surface area contributed by atoms with Gasteiger partial charge in [-0.2, -0.15) is 0 Å². The van der Waals surface area contributed by atoms with Gasteiger partial charge in [-0.05, 0) is 88.0 Å². The zero-order valence-electron chi connectivity index (χ0n) is 27.8. The van der Waals surface area contributed by atoms with Crippen molar-refractivity contribution in [3.63, 3.8) is 0 Å². The van der Waals surface area contributed by atoms with Crippen molar-refractivity contribution in [1.82, 2.24) is 24.7 Å². The molecule has 2 aliphatic heterocycles. The lowest BCUT2D eigenvalue weighted by atomic mass is 9.91. The number of carbonyl (C=O) groups is 2. The number of benzene rings is 1. The number of pyridine rings is 1. The second kappa shape index (κ2) is 12.4. The van der Waals surface area contributed by atoms with Crippen LogP contribution >= 0.6 is 0 Å². The third-order valence-electron chi connectivity index (χ3n) is 7.96. The first-order valence-corrected chi connectivity index (χ1v) is 18.1. The molecule has 0 spiro atoms. The summed E-state index contributed by atoms with van der Waals surface area (Å²) in [5.74, 6) is -0.173. The maximum absolute atomic E-state index is 13.6. The molecule has 0 aliphatic carbocycles. The van der Waals surface area contributed by atoms with E-state index in [9.17, 15) is 9.59 Å². The van der Waals surface area contributed by atoms with Crippen LogP contribution in [0, 0.1) is 12.3 Å². The van der Waals surface area contributed by atoms with E-state index in [0.717, 1.165) is 61.3 Å². The molecule has 0 saturated carbocycles. The van der Waals surface area contributed by atoms with Gasteiger partial charge >= 0.3 is 6.09 Å². The van der Waals surface area contributed by atoms with Gasteiger partial charge in [-0.3, -0.25) is 19.6 Å². The molecule has 44 heavy (non-hydrogen) atoms. The molecule has 9 nitrogen and oxygen atoms in total. The van der Waals surface area contributed by atoms with Crippen LogP contribution in [-0.2, 0) is 22.3 Å². The molecule has 10 heteroatoms. The number of piperazine rings is 1. The predicted molar refractivity (Wildman–Crippen MR) is 176 cm³/mol. The molecule has 1 aromatic carbocycles. The number of aryl methyl sites for hydroxylation is 1. The first kappa shape index (κ1) is 32.3.